The second-order valence-corrected chi connectivity index (χ2v) is 10.9. The van der Waals surface area contributed by atoms with E-state index < -0.39 is 0 Å². The second kappa shape index (κ2) is 11.5. The number of anilines is 1. The third kappa shape index (κ3) is 5.62. The van der Waals surface area contributed by atoms with Crippen molar-refractivity contribution >= 4 is 40.0 Å². The number of thiophene rings is 1. The largest absolute Gasteiger partial charge is 0.465 e. The number of nitrogens with one attached hydrogen (secondary N) is 1. The van der Waals surface area contributed by atoms with Gasteiger partial charge in [0.25, 0.3) is 0 Å². The minimum Gasteiger partial charge on any atom is -0.465 e. The molecule has 2 aliphatic rings. The molecule has 0 unspecified atom stereocenters. The Morgan fingerprint density at radius 3 is 2.55 bits per heavy atom. The van der Waals surface area contributed by atoms with Gasteiger partial charge in [-0.25, -0.2) is 4.79 Å². The minimum absolute atomic E-state index is 0.135. The van der Waals surface area contributed by atoms with Gasteiger partial charge in [-0.3, -0.25) is 4.79 Å². The lowest BCUT2D eigenvalue weighted by Gasteiger charge is -2.21. The van der Waals surface area contributed by atoms with Crippen LogP contribution in [0, 0.1) is 0 Å². The van der Waals surface area contributed by atoms with E-state index in [0.717, 1.165) is 48.8 Å². The highest BCUT2D eigenvalue weighted by Gasteiger charge is 2.27. The Labute approximate surface area is 204 Å². The molecule has 1 saturated carbocycles. The minimum atomic E-state index is -0.362. The van der Waals surface area contributed by atoms with Crippen LogP contribution < -0.4 is 5.32 Å². The van der Waals surface area contributed by atoms with Crippen molar-refractivity contribution in [3.8, 4) is 0 Å². The summed E-state index contributed by atoms with van der Waals surface area (Å²) in [7, 11) is 1.40. The molecule has 0 aromatic carbocycles. The number of carbonyl (C=O) groups is 2. The van der Waals surface area contributed by atoms with E-state index in [4.69, 9.17) is 4.74 Å². The molecule has 1 fully saturated rings. The van der Waals surface area contributed by atoms with Gasteiger partial charge >= 0.3 is 5.97 Å². The third-order valence-electron chi connectivity index (χ3n) is 6.68. The van der Waals surface area contributed by atoms with Crippen LogP contribution in [0.4, 0.5) is 5.00 Å². The van der Waals surface area contributed by atoms with E-state index in [1.54, 1.807) is 0 Å². The van der Waals surface area contributed by atoms with Crippen LogP contribution >= 0.6 is 23.1 Å². The van der Waals surface area contributed by atoms with E-state index in [1.807, 2.05) is 0 Å². The van der Waals surface area contributed by atoms with Gasteiger partial charge in [0.2, 0.25) is 5.91 Å². The highest BCUT2D eigenvalue weighted by atomic mass is 32.2. The Morgan fingerprint density at radius 1 is 1.09 bits per heavy atom. The van der Waals surface area contributed by atoms with E-state index in [-0.39, 0.29) is 17.6 Å². The van der Waals surface area contributed by atoms with Crippen molar-refractivity contribution in [1.82, 2.24) is 14.8 Å². The maximum absolute atomic E-state index is 12.9. The number of hydrogen-bond acceptors (Lipinski definition) is 7. The Morgan fingerprint density at radius 2 is 1.82 bits per heavy atom. The zero-order chi connectivity index (χ0) is 23.2. The van der Waals surface area contributed by atoms with E-state index in [9.17, 15) is 9.59 Å². The Hall–Kier alpha value is -1.87. The molecule has 4 rings (SSSR count). The molecule has 0 radical (unpaired) electrons. The van der Waals surface area contributed by atoms with Crippen LogP contribution in [0.15, 0.2) is 5.16 Å². The SMILES string of the molecule is CCn1c(SCC(=O)Nc2sc3c(c2C(=O)OC)CCCCCC3)nnc1C1CCCCC1. The van der Waals surface area contributed by atoms with Crippen molar-refractivity contribution in [2.45, 2.75) is 95.2 Å². The average Bonchev–Trinajstić information content (AvgIpc) is 3.38. The average molecular weight is 491 g/mol. The van der Waals surface area contributed by atoms with Crippen molar-refractivity contribution in [2.24, 2.45) is 0 Å². The van der Waals surface area contributed by atoms with E-state index in [1.165, 1.54) is 80.0 Å². The zero-order valence-electron chi connectivity index (χ0n) is 19.7. The van der Waals surface area contributed by atoms with Crippen molar-refractivity contribution in [2.75, 3.05) is 18.2 Å². The molecule has 2 aromatic heterocycles. The molecule has 0 spiro atoms. The predicted octanol–water partition coefficient (Wildman–Crippen LogP) is 5.58. The highest BCUT2D eigenvalue weighted by Crippen LogP contribution is 2.38. The lowest BCUT2D eigenvalue weighted by Crippen LogP contribution is -2.17. The fraction of sp³-hybridized carbons (Fsp3) is 0.667. The number of thioether (sulfide) groups is 1. The van der Waals surface area contributed by atoms with Crippen LogP contribution in [0.25, 0.3) is 0 Å². The zero-order valence-corrected chi connectivity index (χ0v) is 21.3. The molecular formula is C24H34N4O3S2. The van der Waals surface area contributed by atoms with Gasteiger partial charge in [0, 0.05) is 17.3 Å². The molecule has 0 saturated heterocycles. The number of esters is 1. The van der Waals surface area contributed by atoms with Gasteiger partial charge in [0.15, 0.2) is 5.16 Å². The number of methoxy groups -OCH3 is 1. The van der Waals surface area contributed by atoms with Gasteiger partial charge in [-0.1, -0.05) is 43.9 Å². The first-order valence-corrected chi connectivity index (χ1v) is 14.0. The fourth-order valence-corrected chi connectivity index (χ4v) is 7.09. The summed E-state index contributed by atoms with van der Waals surface area (Å²) < 4.78 is 7.22. The van der Waals surface area contributed by atoms with Gasteiger partial charge in [-0.2, -0.15) is 0 Å². The van der Waals surface area contributed by atoms with Crippen LogP contribution in [0.3, 0.4) is 0 Å². The van der Waals surface area contributed by atoms with Crippen LogP contribution in [0.1, 0.15) is 97.3 Å². The number of amides is 1. The molecule has 2 aromatic rings. The van der Waals surface area contributed by atoms with Crippen LogP contribution in [0.5, 0.6) is 0 Å². The summed E-state index contributed by atoms with van der Waals surface area (Å²) in [5.74, 6) is 1.27. The molecule has 2 aliphatic carbocycles. The number of carbonyl (C=O) groups excluding carboxylic acids is 2. The van der Waals surface area contributed by atoms with Gasteiger partial charge < -0.3 is 14.6 Å². The topological polar surface area (TPSA) is 86.1 Å². The van der Waals surface area contributed by atoms with Crippen LogP contribution in [-0.4, -0.2) is 39.5 Å². The number of hydrogen-bond donors (Lipinski definition) is 1. The summed E-state index contributed by atoms with van der Waals surface area (Å²) in [6, 6.07) is 0. The van der Waals surface area contributed by atoms with E-state index in [0.29, 0.717) is 16.5 Å². The van der Waals surface area contributed by atoms with E-state index >= 15 is 0 Å². The third-order valence-corrected chi connectivity index (χ3v) is 8.85. The predicted molar refractivity (Wildman–Crippen MR) is 132 cm³/mol. The van der Waals surface area contributed by atoms with Crippen LogP contribution in [-0.2, 0) is 28.9 Å². The Balaban J connectivity index is 1.45. The van der Waals surface area contributed by atoms with Crippen molar-refractivity contribution < 1.29 is 14.3 Å². The lowest BCUT2D eigenvalue weighted by molar-refractivity contribution is -0.113. The first-order valence-electron chi connectivity index (χ1n) is 12.2. The second-order valence-electron chi connectivity index (χ2n) is 8.87. The molecule has 7 nitrogen and oxygen atoms in total. The summed E-state index contributed by atoms with van der Waals surface area (Å²) in [4.78, 5) is 26.6. The summed E-state index contributed by atoms with van der Waals surface area (Å²) in [5, 5.41) is 13.3. The quantitative estimate of drug-likeness (QED) is 0.403. The number of aromatic nitrogens is 3. The molecular weight excluding hydrogens is 456 g/mol. The van der Waals surface area contributed by atoms with Crippen molar-refractivity contribution in [3.63, 3.8) is 0 Å². The smallest absolute Gasteiger partial charge is 0.341 e. The molecule has 0 aliphatic heterocycles. The molecule has 0 atom stereocenters. The standard InChI is InChI=1S/C24H34N4O3S2/c1-3-28-21(16-11-7-6-8-12-16)26-27-24(28)32-15-19(29)25-22-20(23(30)31-2)17-13-9-4-5-10-14-18(17)33-22/h16H,3-15H2,1-2H3,(H,25,29). The first kappa shape index (κ1) is 24.3. The monoisotopic (exact) mass is 490 g/mol. The first-order chi connectivity index (χ1) is 16.1. The normalized spacial score (nSPS) is 17.2. The number of ether oxygens (including phenoxy) is 1. The number of fused-ring (bicyclic) bond motifs is 1. The van der Waals surface area contributed by atoms with Crippen molar-refractivity contribution in [3.05, 3.63) is 21.8 Å². The molecule has 2 heterocycles. The Kier molecular flexibility index (Phi) is 8.46. The number of aryl methyl sites for hydroxylation is 1. The van der Waals surface area contributed by atoms with Gasteiger partial charge in [0.1, 0.15) is 10.8 Å². The summed E-state index contributed by atoms with van der Waals surface area (Å²) in [6.45, 7) is 2.90. The summed E-state index contributed by atoms with van der Waals surface area (Å²) >= 11 is 2.94. The number of rotatable bonds is 7. The van der Waals surface area contributed by atoms with Crippen LogP contribution in [0.2, 0.25) is 0 Å². The highest BCUT2D eigenvalue weighted by molar-refractivity contribution is 7.99. The fourth-order valence-electron chi connectivity index (χ4n) is 4.99. The molecule has 9 heteroatoms. The lowest BCUT2D eigenvalue weighted by atomic mass is 9.89. The molecule has 1 N–H and O–H groups in total. The summed E-state index contributed by atoms with van der Waals surface area (Å²) in [6.07, 6.45) is 12.5. The molecule has 33 heavy (non-hydrogen) atoms. The van der Waals surface area contributed by atoms with E-state index in [2.05, 4.69) is 27.0 Å². The number of nitrogens with zero attached hydrogens (tertiary/aromatic N) is 3. The maximum Gasteiger partial charge on any atom is 0.341 e. The van der Waals surface area contributed by atoms with Gasteiger partial charge in [0.05, 0.1) is 18.4 Å². The molecule has 1 amide bonds. The molecule has 0 bridgehead atoms. The van der Waals surface area contributed by atoms with Gasteiger partial charge in [-0.05, 0) is 51.0 Å². The Bertz CT molecular complexity index is 979. The maximum atomic E-state index is 12.9. The van der Waals surface area contributed by atoms with Gasteiger partial charge in [-0.15, -0.1) is 21.5 Å². The molecule has 180 valence electrons. The van der Waals surface area contributed by atoms with Crippen molar-refractivity contribution in [1.29, 1.82) is 0 Å². The summed E-state index contributed by atoms with van der Waals surface area (Å²) in [5.41, 5.74) is 1.62.